The summed E-state index contributed by atoms with van der Waals surface area (Å²) in [5, 5.41) is 17.6. The number of aliphatic carboxylic acids is 1. The fourth-order valence-corrected chi connectivity index (χ4v) is 5.14. The van der Waals surface area contributed by atoms with Crippen LogP contribution in [0.4, 0.5) is 16.2 Å². The van der Waals surface area contributed by atoms with Gasteiger partial charge in [-0.05, 0) is 55.0 Å². The molecule has 0 aromatic heterocycles. The summed E-state index contributed by atoms with van der Waals surface area (Å²) in [5.41, 5.74) is 3.66. The van der Waals surface area contributed by atoms with Crippen LogP contribution in [-0.2, 0) is 20.9 Å². The Balaban J connectivity index is 1.32. The third-order valence-electron chi connectivity index (χ3n) is 7.18. The van der Waals surface area contributed by atoms with E-state index in [4.69, 9.17) is 5.11 Å². The number of carboxylic acids is 1. The molecule has 2 aromatic carbocycles. The van der Waals surface area contributed by atoms with Crippen LogP contribution in [-0.4, -0.2) is 46.4 Å². The second-order valence-corrected chi connectivity index (χ2v) is 9.95. The van der Waals surface area contributed by atoms with Gasteiger partial charge in [0.1, 0.15) is 6.42 Å². The van der Waals surface area contributed by atoms with E-state index in [-0.39, 0.29) is 37.0 Å². The summed E-state index contributed by atoms with van der Waals surface area (Å²) < 4.78 is 0. The fraction of sp³-hybridized carbons (Fsp3) is 0.379. The summed E-state index contributed by atoms with van der Waals surface area (Å²) in [6.45, 7) is 2.32. The topological polar surface area (TPSA) is 128 Å². The summed E-state index contributed by atoms with van der Waals surface area (Å²) in [4.78, 5) is 50.6. The largest absolute Gasteiger partial charge is 0.481 e. The van der Waals surface area contributed by atoms with Crippen molar-refractivity contribution in [3.8, 4) is 0 Å². The molecule has 0 spiro atoms. The monoisotopic (exact) mass is 518 g/mol. The summed E-state index contributed by atoms with van der Waals surface area (Å²) in [5.74, 6) is -1.64. The number of para-hydroxylation sites is 1. The number of carboxylic acid groups (broad SMARTS) is 1. The minimum atomic E-state index is -1.17. The highest BCUT2D eigenvalue weighted by molar-refractivity contribution is 6.00. The highest BCUT2D eigenvalue weighted by Gasteiger charge is 2.37. The molecule has 4 amide bonds. The number of rotatable bonds is 8. The highest BCUT2D eigenvalue weighted by Crippen LogP contribution is 2.33. The number of hydrogen-bond donors (Lipinski definition) is 4. The Bertz CT molecular complexity index is 1220. The van der Waals surface area contributed by atoms with Crippen LogP contribution in [0.15, 0.2) is 60.2 Å². The summed E-state index contributed by atoms with van der Waals surface area (Å²) in [6.07, 6.45) is 6.54. The van der Waals surface area contributed by atoms with Gasteiger partial charge >= 0.3 is 12.0 Å². The molecule has 1 unspecified atom stereocenters. The minimum absolute atomic E-state index is 0.123. The van der Waals surface area contributed by atoms with Crippen molar-refractivity contribution in [2.75, 3.05) is 17.2 Å². The van der Waals surface area contributed by atoms with E-state index in [1.165, 1.54) is 0 Å². The van der Waals surface area contributed by atoms with E-state index in [0.29, 0.717) is 11.3 Å². The predicted octanol–water partition coefficient (Wildman–Crippen LogP) is 4.45. The normalized spacial score (nSPS) is 17.4. The van der Waals surface area contributed by atoms with Gasteiger partial charge in [-0.2, -0.15) is 0 Å². The molecule has 2 aliphatic rings. The molecule has 200 valence electrons. The van der Waals surface area contributed by atoms with E-state index in [1.54, 1.807) is 17.0 Å². The minimum Gasteiger partial charge on any atom is -0.481 e. The zero-order valence-electron chi connectivity index (χ0n) is 21.5. The maximum absolute atomic E-state index is 13.0. The van der Waals surface area contributed by atoms with Crippen LogP contribution in [0.2, 0.25) is 0 Å². The fourth-order valence-electron chi connectivity index (χ4n) is 5.14. The molecule has 4 N–H and O–H groups in total. The van der Waals surface area contributed by atoms with Crippen molar-refractivity contribution in [2.24, 2.45) is 5.92 Å². The van der Waals surface area contributed by atoms with Gasteiger partial charge in [-0.15, -0.1) is 0 Å². The van der Waals surface area contributed by atoms with Gasteiger partial charge in [0.05, 0.1) is 12.6 Å². The van der Waals surface area contributed by atoms with Gasteiger partial charge in [0.15, 0.2) is 0 Å². The molecule has 9 heteroatoms. The molecular weight excluding hydrogens is 484 g/mol. The van der Waals surface area contributed by atoms with Crippen LogP contribution in [0.25, 0.3) is 0 Å². The second kappa shape index (κ2) is 12.4. The number of nitrogens with zero attached hydrogens (tertiary/aromatic N) is 1. The molecule has 1 aliphatic carbocycles. The number of carbonyl (C=O) groups is 4. The highest BCUT2D eigenvalue weighted by atomic mass is 16.4. The van der Waals surface area contributed by atoms with Crippen LogP contribution < -0.4 is 16.0 Å². The Kier molecular flexibility index (Phi) is 8.78. The first kappa shape index (κ1) is 26.9. The lowest BCUT2D eigenvalue weighted by molar-refractivity contribution is -0.144. The molecule has 1 atom stereocenters. The van der Waals surface area contributed by atoms with Gasteiger partial charge in [0, 0.05) is 23.5 Å². The average Bonchev–Trinajstić information content (AvgIpc) is 3.36. The number of carbonyl (C=O) groups excluding carboxylic acids is 3. The summed E-state index contributed by atoms with van der Waals surface area (Å²) in [6, 6.07) is 14.1. The Hall–Kier alpha value is -4.14. The van der Waals surface area contributed by atoms with Gasteiger partial charge < -0.3 is 26.0 Å². The molecule has 1 saturated carbocycles. The third kappa shape index (κ3) is 7.00. The van der Waals surface area contributed by atoms with E-state index in [1.807, 2.05) is 49.4 Å². The van der Waals surface area contributed by atoms with Crippen LogP contribution in [0.5, 0.6) is 0 Å². The molecule has 1 fully saturated rings. The quantitative estimate of drug-likeness (QED) is 0.384. The van der Waals surface area contributed by atoms with E-state index in [9.17, 15) is 19.2 Å². The maximum Gasteiger partial charge on any atom is 0.323 e. The van der Waals surface area contributed by atoms with Gasteiger partial charge in [-0.1, -0.05) is 55.7 Å². The molecular formula is C29H34N4O5. The van der Waals surface area contributed by atoms with Crippen LogP contribution in [0.3, 0.4) is 0 Å². The lowest BCUT2D eigenvalue weighted by Crippen LogP contribution is -2.42. The molecule has 0 radical (unpaired) electrons. The van der Waals surface area contributed by atoms with Gasteiger partial charge in [0.25, 0.3) is 0 Å². The smallest absolute Gasteiger partial charge is 0.323 e. The number of amides is 4. The molecule has 9 nitrogen and oxygen atoms in total. The van der Waals surface area contributed by atoms with Gasteiger partial charge in [-0.3, -0.25) is 14.4 Å². The molecule has 1 aliphatic heterocycles. The van der Waals surface area contributed by atoms with Crippen LogP contribution in [0, 0.1) is 12.8 Å². The lowest BCUT2D eigenvalue weighted by Gasteiger charge is -2.33. The number of hydrogen-bond acceptors (Lipinski definition) is 4. The summed E-state index contributed by atoms with van der Waals surface area (Å²) in [7, 11) is 0. The van der Waals surface area contributed by atoms with Crippen molar-refractivity contribution in [2.45, 2.75) is 58.0 Å². The van der Waals surface area contributed by atoms with E-state index >= 15 is 0 Å². The van der Waals surface area contributed by atoms with Crippen molar-refractivity contribution in [3.63, 3.8) is 0 Å². The predicted molar refractivity (Wildman–Crippen MR) is 145 cm³/mol. The van der Waals surface area contributed by atoms with Crippen molar-refractivity contribution in [1.82, 2.24) is 10.2 Å². The van der Waals surface area contributed by atoms with Crippen molar-refractivity contribution in [3.05, 3.63) is 71.3 Å². The third-order valence-corrected chi connectivity index (χ3v) is 7.18. The van der Waals surface area contributed by atoms with E-state index in [2.05, 4.69) is 16.0 Å². The zero-order valence-corrected chi connectivity index (χ0v) is 21.5. The number of anilines is 2. The van der Waals surface area contributed by atoms with Gasteiger partial charge in [0.2, 0.25) is 11.8 Å². The Morgan fingerprint density at radius 1 is 0.947 bits per heavy atom. The van der Waals surface area contributed by atoms with Crippen molar-refractivity contribution >= 4 is 35.2 Å². The molecule has 0 saturated heterocycles. The van der Waals surface area contributed by atoms with Crippen LogP contribution >= 0.6 is 0 Å². The number of nitrogens with one attached hydrogen (secondary N) is 3. The van der Waals surface area contributed by atoms with E-state index < -0.39 is 18.3 Å². The first-order valence-corrected chi connectivity index (χ1v) is 13.0. The van der Waals surface area contributed by atoms with Gasteiger partial charge in [-0.25, -0.2) is 4.79 Å². The number of urea groups is 1. The molecule has 38 heavy (non-hydrogen) atoms. The summed E-state index contributed by atoms with van der Waals surface area (Å²) >= 11 is 0. The first-order chi connectivity index (χ1) is 18.3. The second-order valence-electron chi connectivity index (χ2n) is 9.95. The average molecular weight is 519 g/mol. The number of aryl methyl sites for hydroxylation is 1. The van der Waals surface area contributed by atoms with Crippen LogP contribution in [0.1, 0.15) is 49.7 Å². The lowest BCUT2D eigenvalue weighted by atomic mass is 9.83. The molecule has 2 aromatic rings. The molecule has 4 rings (SSSR count). The Morgan fingerprint density at radius 3 is 2.34 bits per heavy atom. The number of benzene rings is 2. The molecule has 1 heterocycles. The molecule has 0 bridgehead atoms. The Morgan fingerprint density at radius 2 is 1.66 bits per heavy atom. The SMILES string of the molecule is Cc1ccccc1NC(=O)Nc1ccc(CNC(=O)C2=CC(C3CCCCC3)N(C(=O)CC(=O)O)C2)cc1. The Labute approximate surface area is 222 Å². The standard InChI is InChI=1S/C29H34N4O5/c1-19-7-5-6-10-24(19)32-29(38)31-23-13-11-20(12-14-23)17-30-28(37)22-15-25(21-8-3-2-4-9-21)33(18-22)26(34)16-27(35)36/h5-7,10-15,21,25H,2-4,8-9,16-18H2,1H3,(H,30,37)(H,35,36)(H2,31,32,38). The van der Waals surface area contributed by atoms with Crippen molar-refractivity contribution in [1.29, 1.82) is 0 Å². The maximum atomic E-state index is 13.0. The zero-order chi connectivity index (χ0) is 27.1. The van der Waals surface area contributed by atoms with E-state index in [0.717, 1.165) is 48.9 Å². The first-order valence-electron chi connectivity index (χ1n) is 13.0. The van der Waals surface area contributed by atoms with Crippen molar-refractivity contribution < 1.29 is 24.3 Å².